The molecule has 2 heterocycles. The Hall–Kier alpha value is -2.15. The van der Waals surface area contributed by atoms with E-state index in [1.807, 2.05) is 39.0 Å². The van der Waals surface area contributed by atoms with Crippen LogP contribution in [-0.2, 0) is 0 Å². The molecule has 1 fully saturated rings. The summed E-state index contributed by atoms with van der Waals surface area (Å²) in [6.45, 7) is 6.03. The fourth-order valence-corrected chi connectivity index (χ4v) is 7.70. The molecule has 0 atom stereocenters. The molecule has 0 saturated heterocycles. The SMILES string of the molecule is Cc1ccc(OC(C)C)c(C(=O)CC2CCC3(CC2)Oc2ccccc2C2=C3C=IN2C)c1. The van der Waals surface area contributed by atoms with Gasteiger partial charge >= 0.3 is 0 Å². The summed E-state index contributed by atoms with van der Waals surface area (Å²) in [5.74, 6) is 2.30. The third-order valence-corrected chi connectivity index (χ3v) is 9.21. The number of carbonyl (C=O) groups excluding carboxylic acids is 1. The molecule has 1 aliphatic carbocycles. The van der Waals surface area contributed by atoms with Crippen LogP contribution in [-0.4, -0.2) is 31.7 Å². The normalized spacial score (nSPS) is 23.8. The largest absolute Gasteiger partial charge is 0.490 e. The van der Waals surface area contributed by atoms with E-state index in [2.05, 4.69) is 38.4 Å². The molecular formula is C28H32INO3. The van der Waals surface area contributed by atoms with Crippen molar-refractivity contribution in [3.63, 3.8) is 0 Å². The van der Waals surface area contributed by atoms with Gasteiger partial charge in [0.2, 0.25) is 0 Å². The van der Waals surface area contributed by atoms with Gasteiger partial charge in [0.25, 0.3) is 0 Å². The van der Waals surface area contributed by atoms with Gasteiger partial charge in [0.15, 0.2) is 5.78 Å². The Morgan fingerprint density at radius 2 is 1.97 bits per heavy atom. The predicted octanol–water partition coefficient (Wildman–Crippen LogP) is 6.72. The molecule has 2 aromatic carbocycles. The molecule has 4 nitrogen and oxygen atoms in total. The monoisotopic (exact) mass is 557 g/mol. The van der Waals surface area contributed by atoms with Gasteiger partial charge < -0.3 is 12.6 Å². The Kier molecular flexibility index (Phi) is 6.10. The van der Waals surface area contributed by atoms with Crippen molar-refractivity contribution in [1.82, 2.24) is 3.11 Å². The highest BCUT2D eigenvalue weighted by Gasteiger charge is 2.46. The smallest absolute Gasteiger partial charge is 0.166 e. The second-order valence-corrected chi connectivity index (χ2v) is 12.4. The van der Waals surface area contributed by atoms with Gasteiger partial charge in [-0.1, -0.05) is 23.8 Å². The molecule has 0 amide bonds. The molecular weight excluding hydrogens is 525 g/mol. The van der Waals surface area contributed by atoms with Crippen LogP contribution in [0, 0.1) is 12.8 Å². The maximum Gasteiger partial charge on any atom is 0.166 e. The molecule has 174 valence electrons. The second kappa shape index (κ2) is 8.90. The van der Waals surface area contributed by atoms with Crippen molar-refractivity contribution < 1.29 is 14.3 Å². The summed E-state index contributed by atoms with van der Waals surface area (Å²) >= 11 is -0.138. The minimum Gasteiger partial charge on any atom is -0.490 e. The lowest BCUT2D eigenvalue weighted by Crippen LogP contribution is -2.45. The summed E-state index contributed by atoms with van der Waals surface area (Å²) in [6.07, 6.45) is 4.57. The van der Waals surface area contributed by atoms with Gasteiger partial charge in [-0.2, -0.15) is 0 Å². The van der Waals surface area contributed by atoms with Crippen LogP contribution >= 0.6 is 21.0 Å². The molecule has 2 aliphatic heterocycles. The van der Waals surface area contributed by atoms with Crippen LogP contribution < -0.4 is 9.47 Å². The van der Waals surface area contributed by atoms with Gasteiger partial charge in [-0.05, 0) is 102 Å². The zero-order valence-corrected chi connectivity index (χ0v) is 22.0. The summed E-state index contributed by atoms with van der Waals surface area (Å²) in [5.41, 5.74) is 5.58. The van der Waals surface area contributed by atoms with E-state index < -0.39 is 0 Å². The average molecular weight is 557 g/mol. The number of rotatable bonds is 5. The topological polar surface area (TPSA) is 38.8 Å². The summed E-state index contributed by atoms with van der Waals surface area (Å²) < 4.78 is 17.6. The van der Waals surface area contributed by atoms with Gasteiger partial charge in [-0.25, -0.2) is 0 Å². The first kappa shape index (κ1) is 22.6. The summed E-state index contributed by atoms with van der Waals surface area (Å²) in [4.78, 5) is 13.3. The minimum absolute atomic E-state index is 0.0474. The summed E-state index contributed by atoms with van der Waals surface area (Å²) in [5, 5.41) is 0. The van der Waals surface area contributed by atoms with Crippen molar-refractivity contribution in [2.75, 3.05) is 7.05 Å². The average Bonchev–Trinajstić information content (AvgIpc) is 3.19. The zero-order valence-electron chi connectivity index (χ0n) is 19.9. The number of nitrogens with zero attached hydrogens (tertiary/aromatic N) is 1. The van der Waals surface area contributed by atoms with Crippen LogP contribution in [0.4, 0.5) is 0 Å². The minimum atomic E-state index is -0.233. The lowest BCUT2D eigenvalue weighted by Gasteiger charge is -2.44. The van der Waals surface area contributed by atoms with Crippen LogP contribution in [0.25, 0.3) is 5.70 Å². The predicted molar refractivity (Wildman–Crippen MR) is 142 cm³/mol. The number of benzene rings is 2. The summed E-state index contributed by atoms with van der Waals surface area (Å²) in [6, 6.07) is 14.4. The molecule has 0 radical (unpaired) electrons. The first-order valence-electron chi connectivity index (χ1n) is 11.9. The molecule has 0 N–H and O–H groups in total. The third kappa shape index (κ3) is 4.25. The maximum atomic E-state index is 13.3. The molecule has 0 bridgehead atoms. The number of ether oxygens (including phenoxy) is 2. The molecule has 5 rings (SSSR count). The molecule has 33 heavy (non-hydrogen) atoms. The van der Waals surface area contributed by atoms with Crippen molar-refractivity contribution >= 4 is 36.5 Å². The molecule has 0 unspecified atom stereocenters. The van der Waals surface area contributed by atoms with Gasteiger partial charge in [-0.3, -0.25) is 4.79 Å². The Morgan fingerprint density at radius 1 is 1.21 bits per heavy atom. The number of para-hydroxylation sites is 1. The first-order chi connectivity index (χ1) is 15.9. The number of aryl methyl sites for hydroxylation is 1. The van der Waals surface area contributed by atoms with Gasteiger partial charge in [0, 0.05) is 24.6 Å². The van der Waals surface area contributed by atoms with E-state index in [-0.39, 0.29) is 38.5 Å². The lowest BCUT2D eigenvalue weighted by atomic mass is 9.71. The molecule has 1 saturated carbocycles. The highest BCUT2D eigenvalue weighted by molar-refractivity contribution is 14.2. The van der Waals surface area contributed by atoms with Crippen molar-refractivity contribution in [3.05, 3.63) is 64.7 Å². The van der Waals surface area contributed by atoms with Crippen molar-refractivity contribution in [2.24, 2.45) is 5.92 Å². The zero-order chi connectivity index (χ0) is 23.2. The quantitative estimate of drug-likeness (QED) is 0.233. The first-order valence-corrected chi connectivity index (χ1v) is 14.1. The van der Waals surface area contributed by atoms with Gasteiger partial charge in [0.1, 0.15) is 17.1 Å². The van der Waals surface area contributed by atoms with Crippen molar-refractivity contribution in [2.45, 2.75) is 64.6 Å². The van der Waals surface area contributed by atoms with Crippen molar-refractivity contribution in [1.29, 1.82) is 0 Å². The third-order valence-electron chi connectivity index (χ3n) is 6.99. The van der Waals surface area contributed by atoms with Crippen LogP contribution in [0.15, 0.2) is 48.0 Å². The van der Waals surface area contributed by atoms with E-state index in [1.165, 1.54) is 16.8 Å². The van der Waals surface area contributed by atoms with E-state index in [1.54, 1.807) is 0 Å². The second-order valence-electron chi connectivity index (χ2n) is 9.78. The number of hydrogen-bond donors (Lipinski definition) is 0. The van der Waals surface area contributed by atoms with E-state index in [4.69, 9.17) is 9.47 Å². The van der Waals surface area contributed by atoms with Gasteiger partial charge in [0.05, 0.1) is 17.4 Å². The van der Waals surface area contributed by atoms with Gasteiger partial charge in [-0.15, -0.1) is 0 Å². The number of halogens is 1. The highest BCUT2D eigenvalue weighted by atomic mass is 127. The molecule has 5 heteroatoms. The number of Topliss-reactive ketones (excluding diaryl/α,β-unsaturated/α-hetero) is 1. The maximum absolute atomic E-state index is 13.3. The molecule has 2 aromatic rings. The Labute approximate surface area is 207 Å². The molecule has 0 aromatic heterocycles. The Bertz CT molecular complexity index is 1140. The van der Waals surface area contributed by atoms with Crippen LogP contribution in [0.5, 0.6) is 11.5 Å². The van der Waals surface area contributed by atoms with E-state index in [0.29, 0.717) is 18.1 Å². The van der Waals surface area contributed by atoms with E-state index in [0.717, 1.165) is 42.6 Å². The fourth-order valence-electron chi connectivity index (χ4n) is 5.34. The van der Waals surface area contributed by atoms with E-state index in [9.17, 15) is 4.79 Å². The summed E-state index contributed by atoms with van der Waals surface area (Å²) in [7, 11) is 2.21. The molecule has 3 aliphatic rings. The lowest BCUT2D eigenvalue weighted by molar-refractivity contribution is 0.0480. The van der Waals surface area contributed by atoms with Crippen molar-refractivity contribution in [3.8, 4) is 11.5 Å². The Morgan fingerprint density at radius 3 is 2.73 bits per heavy atom. The molecule has 1 spiro atoms. The highest BCUT2D eigenvalue weighted by Crippen LogP contribution is 2.52. The standard InChI is InChI=1S/C28H32INO3/c1-18(2)32-25-10-9-19(3)15-22(25)24(31)16-20-11-13-28(14-12-20)23-17-29-30(4)27(23)21-7-5-6-8-26(21)33-28/h5-10,15,17-18,20H,11-14,16H2,1-4H3. The van der Waals surface area contributed by atoms with Crippen LogP contribution in [0.1, 0.15) is 67.4 Å². The number of carbonyl (C=O) groups is 1. The number of hydrogen-bond acceptors (Lipinski definition) is 4. The Balaban J connectivity index is 1.33. The fraction of sp³-hybridized carbons (Fsp3) is 0.429. The number of ketones is 1. The van der Waals surface area contributed by atoms with E-state index >= 15 is 0 Å². The van der Waals surface area contributed by atoms with Crippen LogP contribution in [0.2, 0.25) is 0 Å². The number of fused-ring (bicyclic) bond motifs is 3. The van der Waals surface area contributed by atoms with Crippen LogP contribution in [0.3, 0.4) is 0 Å².